The Kier molecular flexibility index (Phi) is 8.26. The summed E-state index contributed by atoms with van der Waals surface area (Å²) in [5.41, 5.74) is 2.86. The Hall–Kier alpha value is -1.25. The summed E-state index contributed by atoms with van der Waals surface area (Å²) >= 11 is 0. The highest BCUT2D eigenvalue weighted by atomic mass is 19.4. The Bertz CT molecular complexity index is 612. The van der Waals surface area contributed by atoms with Crippen LogP contribution >= 0.6 is 0 Å². The van der Waals surface area contributed by atoms with E-state index >= 15 is 0 Å². The average Bonchev–Trinajstić information content (AvgIpc) is 2.73. The maximum atomic E-state index is 12.3. The number of unbranched alkanes of at least 4 members (excludes halogenated alkanes) is 2. The molecule has 0 atom stereocenters. The lowest BCUT2D eigenvalue weighted by Gasteiger charge is -2.30. The summed E-state index contributed by atoms with van der Waals surface area (Å²) in [6.07, 6.45) is 12.2. The molecule has 1 aromatic rings. The topological polar surface area (TPSA) is 0 Å². The van der Waals surface area contributed by atoms with E-state index in [0.29, 0.717) is 12.0 Å². The zero-order valence-electron chi connectivity index (χ0n) is 17.9. The SMILES string of the molecule is CCCCCC1CCC(c2ccc(C3CCC(/C=C/C(F)(F)F)CC3)cc2)CC1. The fourth-order valence-electron chi connectivity index (χ4n) is 5.40. The molecule has 0 radical (unpaired) electrons. The summed E-state index contributed by atoms with van der Waals surface area (Å²) in [7, 11) is 0. The molecule has 2 aliphatic carbocycles. The molecule has 2 fully saturated rings. The lowest BCUT2D eigenvalue weighted by molar-refractivity contribution is -0.0803. The third kappa shape index (κ3) is 7.19. The van der Waals surface area contributed by atoms with Gasteiger partial charge in [0.2, 0.25) is 0 Å². The summed E-state index contributed by atoms with van der Waals surface area (Å²) in [5, 5.41) is 0. The number of hydrogen-bond donors (Lipinski definition) is 0. The number of halogens is 3. The van der Waals surface area contributed by atoms with Crippen molar-refractivity contribution >= 4 is 0 Å². The van der Waals surface area contributed by atoms with Gasteiger partial charge in [-0.1, -0.05) is 62.9 Å². The van der Waals surface area contributed by atoms with Crippen LogP contribution in [0.15, 0.2) is 36.4 Å². The first-order valence-corrected chi connectivity index (χ1v) is 11.8. The van der Waals surface area contributed by atoms with E-state index in [1.807, 2.05) is 0 Å². The quantitative estimate of drug-likeness (QED) is 0.313. The Morgan fingerprint density at radius 3 is 1.79 bits per heavy atom. The Morgan fingerprint density at radius 2 is 1.31 bits per heavy atom. The van der Waals surface area contributed by atoms with Crippen molar-refractivity contribution in [1.29, 1.82) is 0 Å². The zero-order valence-corrected chi connectivity index (χ0v) is 17.9. The van der Waals surface area contributed by atoms with Crippen molar-refractivity contribution in [2.24, 2.45) is 11.8 Å². The van der Waals surface area contributed by atoms with Crippen LogP contribution < -0.4 is 0 Å². The van der Waals surface area contributed by atoms with Gasteiger partial charge in [0.05, 0.1) is 0 Å². The highest BCUT2D eigenvalue weighted by molar-refractivity contribution is 5.28. The predicted molar refractivity (Wildman–Crippen MR) is 115 cm³/mol. The number of allylic oxidation sites excluding steroid dienone is 2. The van der Waals surface area contributed by atoms with Gasteiger partial charge in [-0.05, 0) is 86.2 Å². The third-order valence-electron chi connectivity index (χ3n) is 7.27. The molecule has 0 amide bonds. The van der Waals surface area contributed by atoms with Crippen LogP contribution in [0.1, 0.15) is 107 Å². The second kappa shape index (κ2) is 10.7. The molecule has 0 heterocycles. The Labute approximate surface area is 175 Å². The maximum absolute atomic E-state index is 12.3. The van der Waals surface area contributed by atoms with E-state index in [-0.39, 0.29) is 5.92 Å². The van der Waals surface area contributed by atoms with Crippen molar-refractivity contribution in [1.82, 2.24) is 0 Å². The van der Waals surface area contributed by atoms with E-state index in [1.54, 1.807) is 0 Å². The average molecular weight is 407 g/mol. The number of hydrogen-bond acceptors (Lipinski definition) is 0. The lowest BCUT2D eigenvalue weighted by atomic mass is 9.75. The Morgan fingerprint density at radius 1 is 0.793 bits per heavy atom. The van der Waals surface area contributed by atoms with Crippen LogP contribution in [-0.4, -0.2) is 6.18 Å². The van der Waals surface area contributed by atoms with Gasteiger partial charge in [0.25, 0.3) is 0 Å². The van der Waals surface area contributed by atoms with E-state index in [1.165, 1.54) is 68.6 Å². The van der Waals surface area contributed by atoms with Gasteiger partial charge in [0.1, 0.15) is 0 Å². The monoisotopic (exact) mass is 406 g/mol. The molecule has 3 heteroatoms. The van der Waals surface area contributed by atoms with E-state index in [2.05, 4.69) is 31.2 Å². The van der Waals surface area contributed by atoms with E-state index in [0.717, 1.165) is 37.5 Å². The van der Waals surface area contributed by atoms with Crippen molar-refractivity contribution in [2.75, 3.05) is 0 Å². The molecule has 0 aromatic heterocycles. The van der Waals surface area contributed by atoms with Gasteiger partial charge in [-0.3, -0.25) is 0 Å². The van der Waals surface area contributed by atoms with Gasteiger partial charge in [0, 0.05) is 6.08 Å². The zero-order chi connectivity index (χ0) is 20.7. The number of rotatable bonds is 7. The first-order chi connectivity index (χ1) is 13.9. The van der Waals surface area contributed by atoms with Crippen LogP contribution in [0, 0.1) is 11.8 Å². The molecule has 2 aliphatic rings. The molecule has 0 nitrogen and oxygen atoms in total. The molecule has 0 saturated heterocycles. The summed E-state index contributed by atoms with van der Waals surface area (Å²) in [6.45, 7) is 2.28. The van der Waals surface area contributed by atoms with Gasteiger partial charge in [-0.25, -0.2) is 0 Å². The molecular formula is C26H37F3. The van der Waals surface area contributed by atoms with Crippen LogP contribution in [0.4, 0.5) is 13.2 Å². The molecule has 0 unspecified atom stereocenters. The summed E-state index contributed by atoms with van der Waals surface area (Å²) in [6, 6.07) is 9.23. The second-order valence-electron chi connectivity index (χ2n) is 9.39. The molecule has 1 aromatic carbocycles. The van der Waals surface area contributed by atoms with E-state index in [9.17, 15) is 13.2 Å². The molecule has 0 spiro atoms. The largest absolute Gasteiger partial charge is 0.409 e. The van der Waals surface area contributed by atoms with Crippen molar-refractivity contribution in [3.8, 4) is 0 Å². The van der Waals surface area contributed by atoms with Crippen molar-refractivity contribution in [3.05, 3.63) is 47.5 Å². The van der Waals surface area contributed by atoms with Gasteiger partial charge in [0.15, 0.2) is 0 Å². The molecule has 29 heavy (non-hydrogen) atoms. The van der Waals surface area contributed by atoms with Gasteiger partial charge >= 0.3 is 6.18 Å². The Balaban J connectivity index is 1.45. The van der Waals surface area contributed by atoms with Crippen LogP contribution in [0.3, 0.4) is 0 Å². The summed E-state index contributed by atoms with van der Waals surface area (Å²) < 4.78 is 37.0. The molecule has 162 valence electrons. The summed E-state index contributed by atoms with van der Waals surface area (Å²) in [4.78, 5) is 0. The van der Waals surface area contributed by atoms with E-state index < -0.39 is 6.18 Å². The van der Waals surface area contributed by atoms with E-state index in [4.69, 9.17) is 0 Å². The standard InChI is InChI=1S/C26H37F3/c1-2-3-4-5-20-6-10-22(11-7-20)24-14-16-25(17-15-24)23-12-8-21(9-13-23)18-19-26(27,28)29/h14-23H,2-13H2,1H3/b19-18+. The van der Waals surface area contributed by atoms with Crippen molar-refractivity contribution in [2.45, 2.75) is 102 Å². The van der Waals surface area contributed by atoms with Gasteiger partial charge in [-0.15, -0.1) is 0 Å². The number of benzene rings is 1. The molecular weight excluding hydrogens is 369 g/mol. The maximum Gasteiger partial charge on any atom is 0.409 e. The van der Waals surface area contributed by atoms with Crippen molar-refractivity contribution in [3.63, 3.8) is 0 Å². The third-order valence-corrected chi connectivity index (χ3v) is 7.27. The minimum absolute atomic E-state index is 0.0830. The second-order valence-corrected chi connectivity index (χ2v) is 9.39. The highest BCUT2D eigenvalue weighted by Crippen LogP contribution is 2.40. The minimum Gasteiger partial charge on any atom is -0.167 e. The first-order valence-electron chi connectivity index (χ1n) is 11.8. The molecule has 0 aliphatic heterocycles. The first kappa shape index (κ1) is 22.4. The lowest BCUT2D eigenvalue weighted by Crippen LogP contribution is -2.14. The molecule has 0 bridgehead atoms. The smallest absolute Gasteiger partial charge is 0.167 e. The van der Waals surface area contributed by atoms with Crippen LogP contribution in [0.2, 0.25) is 0 Å². The molecule has 3 rings (SSSR count). The minimum atomic E-state index is -4.18. The van der Waals surface area contributed by atoms with Gasteiger partial charge in [-0.2, -0.15) is 13.2 Å². The fraction of sp³-hybridized carbons (Fsp3) is 0.692. The normalized spacial score (nSPS) is 28.7. The van der Waals surface area contributed by atoms with Gasteiger partial charge < -0.3 is 0 Å². The fourth-order valence-corrected chi connectivity index (χ4v) is 5.40. The van der Waals surface area contributed by atoms with Crippen LogP contribution in [0.5, 0.6) is 0 Å². The van der Waals surface area contributed by atoms with Crippen LogP contribution in [0.25, 0.3) is 0 Å². The predicted octanol–water partition coefficient (Wildman–Crippen LogP) is 8.93. The molecule has 0 N–H and O–H groups in total. The van der Waals surface area contributed by atoms with Crippen molar-refractivity contribution < 1.29 is 13.2 Å². The van der Waals surface area contributed by atoms with Crippen LogP contribution in [-0.2, 0) is 0 Å². The molecule has 2 saturated carbocycles. The summed E-state index contributed by atoms with van der Waals surface area (Å²) in [5.74, 6) is 2.25. The number of alkyl halides is 3. The highest BCUT2D eigenvalue weighted by Gasteiger charge is 2.26.